The standard InChI is InChI=1S/C17H18N2O3/c1-12-6-7-13(17(21)19-8-2-3-9-19)11-14(12)18-16(20)15-5-4-10-22-15/h4-7,10-11H,2-3,8-9H2,1H3,(H,18,20). The number of carbonyl (C=O) groups is 2. The molecule has 0 saturated carbocycles. The van der Waals surface area contributed by atoms with E-state index in [4.69, 9.17) is 4.42 Å². The van der Waals surface area contributed by atoms with E-state index >= 15 is 0 Å². The number of furan rings is 1. The van der Waals surface area contributed by atoms with E-state index in [1.165, 1.54) is 6.26 Å². The fraction of sp³-hybridized carbons (Fsp3) is 0.294. The van der Waals surface area contributed by atoms with Gasteiger partial charge in [-0.1, -0.05) is 6.07 Å². The van der Waals surface area contributed by atoms with Crippen molar-refractivity contribution in [3.05, 3.63) is 53.5 Å². The summed E-state index contributed by atoms with van der Waals surface area (Å²) in [4.78, 5) is 26.3. The summed E-state index contributed by atoms with van der Waals surface area (Å²) < 4.78 is 5.08. The highest BCUT2D eigenvalue weighted by atomic mass is 16.3. The first-order valence-electron chi connectivity index (χ1n) is 7.40. The molecule has 114 valence electrons. The summed E-state index contributed by atoms with van der Waals surface area (Å²) in [6.45, 7) is 3.50. The molecule has 2 heterocycles. The van der Waals surface area contributed by atoms with E-state index in [2.05, 4.69) is 5.32 Å². The number of likely N-dealkylation sites (tertiary alicyclic amines) is 1. The zero-order valence-electron chi connectivity index (χ0n) is 12.5. The predicted molar refractivity (Wildman–Crippen MR) is 83.0 cm³/mol. The van der Waals surface area contributed by atoms with Gasteiger partial charge in [-0.05, 0) is 49.6 Å². The first-order valence-corrected chi connectivity index (χ1v) is 7.40. The predicted octanol–water partition coefficient (Wildman–Crippen LogP) is 3.08. The van der Waals surface area contributed by atoms with Crippen molar-refractivity contribution < 1.29 is 14.0 Å². The summed E-state index contributed by atoms with van der Waals surface area (Å²) in [5, 5.41) is 2.80. The number of aryl methyl sites for hydroxylation is 1. The molecule has 0 atom stereocenters. The van der Waals surface area contributed by atoms with Crippen LogP contribution in [0.25, 0.3) is 0 Å². The summed E-state index contributed by atoms with van der Waals surface area (Å²) in [5.41, 5.74) is 2.13. The molecule has 22 heavy (non-hydrogen) atoms. The third-order valence-corrected chi connectivity index (χ3v) is 3.87. The highest BCUT2D eigenvalue weighted by molar-refractivity contribution is 6.03. The molecular weight excluding hydrogens is 280 g/mol. The molecule has 0 spiro atoms. The maximum Gasteiger partial charge on any atom is 0.291 e. The molecule has 0 radical (unpaired) electrons. The molecule has 1 N–H and O–H groups in total. The highest BCUT2D eigenvalue weighted by Gasteiger charge is 2.20. The van der Waals surface area contributed by atoms with Gasteiger partial charge in [-0.15, -0.1) is 0 Å². The Hall–Kier alpha value is -2.56. The zero-order chi connectivity index (χ0) is 15.5. The Labute approximate surface area is 128 Å². The van der Waals surface area contributed by atoms with E-state index in [0.29, 0.717) is 11.3 Å². The first-order chi connectivity index (χ1) is 10.6. The molecule has 0 bridgehead atoms. The smallest absolute Gasteiger partial charge is 0.291 e. The molecule has 2 aromatic rings. The van der Waals surface area contributed by atoms with Gasteiger partial charge in [0.05, 0.1) is 6.26 Å². The van der Waals surface area contributed by atoms with Crippen LogP contribution in [0.4, 0.5) is 5.69 Å². The summed E-state index contributed by atoms with van der Waals surface area (Å²) in [6, 6.07) is 8.65. The van der Waals surface area contributed by atoms with E-state index in [0.717, 1.165) is 31.5 Å². The van der Waals surface area contributed by atoms with Crippen molar-refractivity contribution in [2.45, 2.75) is 19.8 Å². The SMILES string of the molecule is Cc1ccc(C(=O)N2CCCC2)cc1NC(=O)c1ccco1. The number of hydrogen-bond acceptors (Lipinski definition) is 3. The van der Waals surface area contributed by atoms with Gasteiger partial charge in [0.15, 0.2) is 5.76 Å². The monoisotopic (exact) mass is 298 g/mol. The van der Waals surface area contributed by atoms with Crippen molar-refractivity contribution in [2.24, 2.45) is 0 Å². The molecule has 1 aliphatic heterocycles. The van der Waals surface area contributed by atoms with E-state index in [1.807, 2.05) is 17.9 Å². The molecule has 0 unspecified atom stereocenters. The maximum atomic E-state index is 12.4. The molecule has 5 nitrogen and oxygen atoms in total. The second kappa shape index (κ2) is 6.05. The number of carbonyl (C=O) groups excluding carboxylic acids is 2. The molecule has 1 saturated heterocycles. The molecule has 3 rings (SSSR count). The van der Waals surface area contributed by atoms with Crippen molar-refractivity contribution in [1.29, 1.82) is 0 Å². The summed E-state index contributed by atoms with van der Waals surface area (Å²) in [6.07, 6.45) is 3.56. The van der Waals surface area contributed by atoms with Crippen LogP contribution in [0.3, 0.4) is 0 Å². The fourth-order valence-corrected chi connectivity index (χ4v) is 2.58. The lowest BCUT2D eigenvalue weighted by Crippen LogP contribution is -2.27. The Morgan fingerprint density at radius 2 is 1.95 bits per heavy atom. The Kier molecular flexibility index (Phi) is 3.96. The van der Waals surface area contributed by atoms with Crippen molar-refractivity contribution in [3.8, 4) is 0 Å². The van der Waals surface area contributed by atoms with Crippen LogP contribution in [0, 0.1) is 6.92 Å². The lowest BCUT2D eigenvalue weighted by atomic mass is 10.1. The van der Waals surface area contributed by atoms with Crippen LogP contribution in [0.2, 0.25) is 0 Å². The van der Waals surface area contributed by atoms with Gasteiger partial charge in [0.2, 0.25) is 0 Å². The van der Waals surface area contributed by atoms with Crippen LogP contribution in [0.1, 0.15) is 39.3 Å². The largest absolute Gasteiger partial charge is 0.459 e. The van der Waals surface area contributed by atoms with Crippen LogP contribution in [0.5, 0.6) is 0 Å². The summed E-state index contributed by atoms with van der Waals surface area (Å²) in [5.74, 6) is -0.0551. The van der Waals surface area contributed by atoms with E-state index < -0.39 is 0 Å². The van der Waals surface area contributed by atoms with Gasteiger partial charge in [-0.3, -0.25) is 9.59 Å². The van der Waals surface area contributed by atoms with Crippen molar-refractivity contribution in [1.82, 2.24) is 4.90 Å². The van der Waals surface area contributed by atoms with Gasteiger partial charge in [0.25, 0.3) is 11.8 Å². The van der Waals surface area contributed by atoms with Crippen LogP contribution in [-0.4, -0.2) is 29.8 Å². The van der Waals surface area contributed by atoms with Crippen LogP contribution >= 0.6 is 0 Å². The first kappa shape index (κ1) is 14.4. The average Bonchev–Trinajstić information content (AvgIpc) is 3.22. The summed E-state index contributed by atoms with van der Waals surface area (Å²) >= 11 is 0. The van der Waals surface area contributed by atoms with E-state index in [1.54, 1.807) is 24.3 Å². The molecule has 1 fully saturated rings. The van der Waals surface area contributed by atoms with Crippen LogP contribution < -0.4 is 5.32 Å². The quantitative estimate of drug-likeness (QED) is 0.947. The molecule has 1 aliphatic rings. The van der Waals surface area contributed by atoms with Gasteiger partial charge >= 0.3 is 0 Å². The molecule has 2 amide bonds. The van der Waals surface area contributed by atoms with Gasteiger partial charge in [0, 0.05) is 24.3 Å². The van der Waals surface area contributed by atoms with Crippen molar-refractivity contribution in [2.75, 3.05) is 18.4 Å². The molecular formula is C17H18N2O3. The highest BCUT2D eigenvalue weighted by Crippen LogP contribution is 2.20. The number of anilines is 1. The minimum absolute atomic E-state index is 0.0194. The normalized spacial score (nSPS) is 14.1. The third-order valence-electron chi connectivity index (χ3n) is 3.87. The summed E-state index contributed by atoms with van der Waals surface area (Å²) in [7, 11) is 0. The molecule has 1 aromatic carbocycles. The van der Waals surface area contributed by atoms with Crippen molar-refractivity contribution in [3.63, 3.8) is 0 Å². The number of hydrogen-bond donors (Lipinski definition) is 1. The maximum absolute atomic E-state index is 12.4. The number of rotatable bonds is 3. The van der Waals surface area contributed by atoms with Crippen molar-refractivity contribution >= 4 is 17.5 Å². The van der Waals surface area contributed by atoms with Gasteiger partial charge in [-0.2, -0.15) is 0 Å². The van der Waals surface area contributed by atoms with E-state index in [9.17, 15) is 9.59 Å². The van der Waals surface area contributed by atoms with Gasteiger partial charge in [0.1, 0.15) is 0 Å². The Bertz CT molecular complexity index is 686. The lowest BCUT2D eigenvalue weighted by Gasteiger charge is -2.16. The van der Waals surface area contributed by atoms with Gasteiger partial charge < -0.3 is 14.6 Å². The molecule has 1 aromatic heterocycles. The van der Waals surface area contributed by atoms with Crippen LogP contribution in [-0.2, 0) is 0 Å². The Balaban J connectivity index is 1.80. The zero-order valence-corrected chi connectivity index (χ0v) is 12.5. The topological polar surface area (TPSA) is 62.6 Å². The van der Waals surface area contributed by atoms with E-state index in [-0.39, 0.29) is 17.6 Å². The van der Waals surface area contributed by atoms with Gasteiger partial charge in [-0.25, -0.2) is 0 Å². The molecule has 5 heteroatoms. The minimum Gasteiger partial charge on any atom is -0.459 e. The Morgan fingerprint density at radius 1 is 1.18 bits per heavy atom. The average molecular weight is 298 g/mol. The number of nitrogens with one attached hydrogen (secondary N) is 1. The second-order valence-corrected chi connectivity index (χ2v) is 5.46. The number of nitrogens with zero attached hydrogens (tertiary/aromatic N) is 1. The number of benzene rings is 1. The number of amides is 2. The molecule has 0 aliphatic carbocycles. The lowest BCUT2D eigenvalue weighted by molar-refractivity contribution is 0.0792. The fourth-order valence-electron chi connectivity index (χ4n) is 2.58. The second-order valence-electron chi connectivity index (χ2n) is 5.46. The third kappa shape index (κ3) is 2.88. The Morgan fingerprint density at radius 3 is 2.64 bits per heavy atom. The van der Waals surface area contributed by atoms with Crippen LogP contribution in [0.15, 0.2) is 41.0 Å². The minimum atomic E-state index is -0.320.